The molecule has 22 heavy (non-hydrogen) atoms. The highest BCUT2D eigenvalue weighted by Crippen LogP contribution is 2.24. The molecule has 0 saturated carbocycles. The standard InChI is InChI=1S/C17H26N4O/c1-14-11-19(12-16-4-3-5-18-10-16)13-17(14)21-8-6-20(7-9-21)15(2)22/h3-5,10,14,17H,6-9,11-13H2,1-2H3. The van der Waals surface area contributed by atoms with Crippen molar-refractivity contribution in [1.29, 1.82) is 0 Å². The third-order valence-electron chi connectivity index (χ3n) is 5.01. The van der Waals surface area contributed by atoms with E-state index in [0.29, 0.717) is 12.0 Å². The van der Waals surface area contributed by atoms with Gasteiger partial charge in [0.25, 0.3) is 0 Å². The second-order valence-corrected chi connectivity index (χ2v) is 6.64. The van der Waals surface area contributed by atoms with Crippen molar-refractivity contribution in [2.75, 3.05) is 39.3 Å². The fraction of sp³-hybridized carbons (Fsp3) is 0.647. The fourth-order valence-corrected chi connectivity index (χ4v) is 3.77. The monoisotopic (exact) mass is 302 g/mol. The van der Waals surface area contributed by atoms with Gasteiger partial charge in [-0.3, -0.25) is 19.6 Å². The minimum atomic E-state index is 0.206. The highest BCUT2D eigenvalue weighted by Gasteiger charge is 2.35. The molecule has 0 radical (unpaired) electrons. The average Bonchev–Trinajstić information content (AvgIpc) is 2.89. The first kappa shape index (κ1) is 15.4. The maximum atomic E-state index is 11.4. The van der Waals surface area contributed by atoms with E-state index in [9.17, 15) is 4.79 Å². The third kappa shape index (κ3) is 3.47. The van der Waals surface area contributed by atoms with Crippen molar-refractivity contribution in [2.45, 2.75) is 26.4 Å². The van der Waals surface area contributed by atoms with Crippen LogP contribution in [0.5, 0.6) is 0 Å². The van der Waals surface area contributed by atoms with Gasteiger partial charge in [-0.2, -0.15) is 0 Å². The smallest absolute Gasteiger partial charge is 0.219 e. The Kier molecular flexibility index (Phi) is 4.74. The number of amides is 1. The number of carbonyl (C=O) groups is 1. The van der Waals surface area contributed by atoms with Crippen LogP contribution in [0, 0.1) is 5.92 Å². The first-order valence-corrected chi connectivity index (χ1v) is 8.24. The number of carbonyl (C=O) groups excluding carboxylic acids is 1. The average molecular weight is 302 g/mol. The van der Waals surface area contributed by atoms with Crippen molar-refractivity contribution in [3.63, 3.8) is 0 Å². The van der Waals surface area contributed by atoms with Gasteiger partial charge in [0.2, 0.25) is 5.91 Å². The van der Waals surface area contributed by atoms with Gasteiger partial charge in [0, 0.05) is 71.2 Å². The summed E-state index contributed by atoms with van der Waals surface area (Å²) in [7, 11) is 0. The molecule has 2 atom stereocenters. The van der Waals surface area contributed by atoms with Gasteiger partial charge in [-0.15, -0.1) is 0 Å². The summed E-state index contributed by atoms with van der Waals surface area (Å²) >= 11 is 0. The Morgan fingerprint density at radius 3 is 2.68 bits per heavy atom. The molecular weight excluding hydrogens is 276 g/mol. The minimum absolute atomic E-state index is 0.206. The predicted octanol–water partition coefficient (Wildman–Crippen LogP) is 1.07. The molecule has 5 nitrogen and oxygen atoms in total. The van der Waals surface area contributed by atoms with Crippen molar-refractivity contribution in [2.24, 2.45) is 5.92 Å². The maximum absolute atomic E-state index is 11.4. The summed E-state index contributed by atoms with van der Waals surface area (Å²) in [6.45, 7) is 11.0. The van der Waals surface area contributed by atoms with Gasteiger partial charge in [-0.1, -0.05) is 13.0 Å². The highest BCUT2D eigenvalue weighted by atomic mass is 16.2. The number of piperazine rings is 1. The fourth-order valence-electron chi connectivity index (χ4n) is 3.77. The molecule has 0 bridgehead atoms. The summed E-state index contributed by atoms with van der Waals surface area (Å²) < 4.78 is 0. The second-order valence-electron chi connectivity index (χ2n) is 6.64. The maximum Gasteiger partial charge on any atom is 0.219 e. The van der Waals surface area contributed by atoms with Gasteiger partial charge in [-0.25, -0.2) is 0 Å². The molecule has 0 N–H and O–H groups in total. The molecule has 1 amide bonds. The first-order valence-electron chi connectivity index (χ1n) is 8.24. The highest BCUT2D eigenvalue weighted by molar-refractivity contribution is 5.73. The largest absolute Gasteiger partial charge is 0.340 e. The lowest BCUT2D eigenvalue weighted by Crippen LogP contribution is -2.53. The van der Waals surface area contributed by atoms with Crippen LogP contribution in [0.25, 0.3) is 0 Å². The molecule has 120 valence electrons. The summed E-state index contributed by atoms with van der Waals surface area (Å²) in [6.07, 6.45) is 3.79. The number of hydrogen-bond donors (Lipinski definition) is 0. The van der Waals surface area contributed by atoms with Crippen LogP contribution in [0.4, 0.5) is 0 Å². The van der Waals surface area contributed by atoms with Crippen LogP contribution in [0.3, 0.4) is 0 Å². The van der Waals surface area contributed by atoms with E-state index in [-0.39, 0.29) is 5.91 Å². The molecule has 1 aromatic heterocycles. The molecule has 2 aliphatic rings. The molecule has 5 heteroatoms. The molecule has 1 aromatic rings. The number of likely N-dealkylation sites (tertiary alicyclic amines) is 1. The summed E-state index contributed by atoms with van der Waals surface area (Å²) in [6, 6.07) is 4.77. The van der Waals surface area contributed by atoms with Crippen LogP contribution in [0.15, 0.2) is 24.5 Å². The van der Waals surface area contributed by atoms with E-state index in [4.69, 9.17) is 0 Å². The van der Waals surface area contributed by atoms with E-state index in [0.717, 1.165) is 45.8 Å². The first-order chi connectivity index (χ1) is 10.6. The lowest BCUT2D eigenvalue weighted by molar-refractivity contribution is -0.130. The summed E-state index contributed by atoms with van der Waals surface area (Å²) in [5, 5.41) is 0. The number of hydrogen-bond acceptors (Lipinski definition) is 4. The van der Waals surface area contributed by atoms with Crippen molar-refractivity contribution in [1.82, 2.24) is 19.7 Å². The Balaban J connectivity index is 1.54. The minimum Gasteiger partial charge on any atom is -0.340 e. The van der Waals surface area contributed by atoms with Gasteiger partial charge in [0.15, 0.2) is 0 Å². The number of nitrogens with zero attached hydrogens (tertiary/aromatic N) is 4. The zero-order chi connectivity index (χ0) is 15.5. The quantitative estimate of drug-likeness (QED) is 0.837. The summed E-state index contributed by atoms with van der Waals surface area (Å²) in [5.41, 5.74) is 1.29. The van der Waals surface area contributed by atoms with E-state index in [1.165, 1.54) is 5.56 Å². The van der Waals surface area contributed by atoms with Crippen LogP contribution in [-0.4, -0.2) is 70.9 Å². The Morgan fingerprint density at radius 1 is 1.27 bits per heavy atom. The molecule has 3 heterocycles. The normalized spacial score (nSPS) is 27.3. The van der Waals surface area contributed by atoms with Crippen molar-refractivity contribution in [3.8, 4) is 0 Å². The van der Waals surface area contributed by atoms with E-state index in [1.54, 1.807) is 6.92 Å². The number of rotatable bonds is 3. The van der Waals surface area contributed by atoms with E-state index >= 15 is 0 Å². The third-order valence-corrected chi connectivity index (χ3v) is 5.01. The molecule has 2 fully saturated rings. The zero-order valence-corrected chi connectivity index (χ0v) is 13.6. The zero-order valence-electron chi connectivity index (χ0n) is 13.6. The second kappa shape index (κ2) is 6.75. The molecule has 0 aromatic carbocycles. The summed E-state index contributed by atoms with van der Waals surface area (Å²) in [5.74, 6) is 0.887. The lowest BCUT2D eigenvalue weighted by atomic mass is 10.0. The van der Waals surface area contributed by atoms with Gasteiger partial charge in [0.1, 0.15) is 0 Å². The molecule has 2 saturated heterocycles. The van der Waals surface area contributed by atoms with Crippen LogP contribution >= 0.6 is 0 Å². The number of pyridine rings is 1. The van der Waals surface area contributed by atoms with Gasteiger partial charge < -0.3 is 4.90 Å². The molecular formula is C17H26N4O. The molecule has 0 spiro atoms. The van der Waals surface area contributed by atoms with Crippen LogP contribution in [-0.2, 0) is 11.3 Å². The van der Waals surface area contributed by atoms with Crippen molar-refractivity contribution in [3.05, 3.63) is 30.1 Å². The van der Waals surface area contributed by atoms with E-state index in [1.807, 2.05) is 23.4 Å². The van der Waals surface area contributed by atoms with Crippen molar-refractivity contribution >= 4 is 5.91 Å². The molecule has 2 unspecified atom stereocenters. The van der Waals surface area contributed by atoms with Gasteiger partial charge in [-0.05, 0) is 17.5 Å². The van der Waals surface area contributed by atoms with Crippen LogP contribution in [0.2, 0.25) is 0 Å². The molecule has 2 aliphatic heterocycles. The van der Waals surface area contributed by atoms with Crippen molar-refractivity contribution < 1.29 is 4.79 Å². The van der Waals surface area contributed by atoms with Gasteiger partial charge >= 0.3 is 0 Å². The molecule has 3 rings (SSSR count). The SMILES string of the molecule is CC(=O)N1CCN(C2CN(Cc3cccnc3)CC2C)CC1. The van der Waals surface area contributed by atoms with Gasteiger partial charge in [0.05, 0.1) is 0 Å². The Bertz CT molecular complexity index is 499. The van der Waals surface area contributed by atoms with Crippen LogP contribution < -0.4 is 0 Å². The predicted molar refractivity (Wildman–Crippen MR) is 86.3 cm³/mol. The Labute approximate surface area is 132 Å². The van der Waals surface area contributed by atoms with E-state index < -0.39 is 0 Å². The summed E-state index contributed by atoms with van der Waals surface area (Å²) in [4.78, 5) is 22.7. The topological polar surface area (TPSA) is 39.7 Å². The molecule has 0 aliphatic carbocycles. The number of aromatic nitrogens is 1. The lowest BCUT2D eigenvalue weighted by Gasteiger charge is -2.39. The van der Waals surface area contributed by atoms with E-state index in [2.05, 4.69) is 27.8 Å². The Morgan fingerprint density at radius 2 is 2.05 bits per heavy atom. The van der Waals surface area contributed by atoms with Crippen LogP contribution in [0.1, 0.15) is 19.4 Å². The Hall–Kier alpha value is -1.46.